The molecule has 0 radical (unpaired) electrons. The zero-order valence-corrected chi connectivity index (χ0v) is 13.7. The van der Waals surface area contributed by atoms with Gasteiger partial charge >= 0.3 is 0 Å². The van der Waals surface area contributed by atoms with E-state index in [2.05, 4.69) is 37.7 Å². The lowest BCUT2D eigenvalue weighted by Crippen LogP contribution is -2.62. The van der Waals surface area contributed by atoms with Crippen LogP contribution in [0.4, 0.5) is 4.39 Å². The average Bonchev–Trinajstić information content (AvgIpc) is 2.23. The third kappa shape index (κ3) is 4.25. The molecular formula is C15H23FN2O2S. The van der Waals surface area contributed by atoms with Gasteiger partial charge in [-0.15, -0.1) is 0 Å². The average molecular weight is 314 g/mol. The van der Waals surface area contributed by atoms with Gasteiger partial charge in [-0.2, -0.15) is 0 Å². The van der Waals surface area contributed by atoms with Gasteiger partial charge in [0.05, 0.1) is 4.90 Å². The lowest BCUT2D eigenvalue weighted by molar-refractivity contribution is 0.157. The molecule has 1 saturated heterocycles. The van der Waals surface area contributed by atoms with Crippen LogP contribution in [-0.2, 0) is 10.0 Å². The van der Waals surface area contributed by atoms with E-state index in [9.17, 15) is 12.8 Å². The van der Waals surface area contributed by atoms with E-state index in [-0.39, 0.29) is 22.0 Å². The molecule has 21 heavy (non-hydrogen) atoms. The molecule has 1 aromatic carbocycles. The maximum atomic E-state index is 13.2. The van der Waals surface area contributed by atoms with Crippen LogP contribution in [0.2, 0.25) is 0 Å². The largest absolute Gasteiger partial charge is 0.307 e. The van der Waals surface area contributed by atoms with E-state index in [4.69, 9.17) is 0 Å². The van der Waals surface area contributed by atoms with E-state index in [0.29, 0.717) is 12.8 Å². The van der Waals surface area contributed by atoms with E-state index in [1.54, 1.807) is 0 Å². The molecule has 0 unspecified atom stereocenters. The normalized spacial score (nSPS) is 22.1. The standard InChI is InChI=1S/C15H23FN2O2S/c1-14(2)9-12(10-15(3,4)18-14)17-21(19,20)13-7-5-6-11(16)8-13/h5-8,12,17-18H,9-10H2,1-4H3. The Morgan fingerprint density at radius 2 is 1.76 bits per heavy atom. The molecule has 0 aromatic heterocycles. The maximum absolute atomic E-state index is 13.2. The summed E-state index contributed by atoms with van der Waals surface area (Å²) in [6.45, 7) is 8.21. The van der Waals surface area contributed by atoms with Crippen molar-refractivity contribution in [2.75, 3.05) is 0 Å². The van der Waals surface area contributed by atoms with Crippen molar-refractivity contribution < 1.29 is 12.8 Å². The SMILES string of the molecule is CC1(C)CC(NS(=O)(=O)c2cccc(F)c2)CC(C)(C)N1. The number of halogens is 1. The Morgan fingerprint density at radius 1 is 1.19 bits per heavy atom. The van der Waals surface area contributed by atoms with E-state index < -0.39 is 15.8 Å². The van der Waals surface area contributed by atoms with Crippen LogP contribution in [0, 0.1) is 5.82 Å². The molecule has 1 aliphatic heterocycles. The van der Waals surface area contributed by atoms with Crippen molar-refractivity contribution in [2.45, 2.75) is 62.6 Å². The summed E-state index contributed by atoms with van der Waals surface area (Å²) in [5.74, 6) is -0.552. The number of piperidine rings is 1. The number of nitrogens with one attached hydrogen (secondary N) is 2. The van der Waals surface area contributed by atoms with Crippen molar-refractivity contribution in [3.8, 4) is 0 Å². The number of hydrogen-bond acceptors (Lipinski definition) is 3. The predicted octanol–water partition coefficient (Wildman–Crippen LogP) is 2.41. The minimum Gasteiger partial charge on any atom is -0.307 e. The number of benzene rings is 1. The third-order valence-electron chi connectivity index (χ3n) is 3.62. The van der Waals surface area contributed by atoms with Gasteiger partial charge in [0.25, 0.3) is 0 Å². The molecule has 0 spiro atoms. The molecule has 6 heteroatoms. The molecule has 0 bridgehead atoms. The Labute approximate surface area is 126 Å². The van der Waals surface area contributed by atoms with Crippen LogP contribution in [0.3, 0.4) is 0 Å². The molecule has 1 heterocycles. The second kappa shape index (κ2) is 5.34. The van der Waals surface area contributed by atoms with Crippen LogP contribution >= 0.6 is 0 Å². The summed E-state index contributed by atoms with van der Waals surface area (Å²) in [5, 5.41) is 3.50. The fourth-order valence-corrected chi connectivity index (χ4v) is 4.59. The second-order valence-corrected chi connectivity index (χ2v) is 8.79. The molecule has 2 rings (SSSR count). The quantitative estimate of drug-likeness (QED) is 0.901. The maximum Gasteiger partial charge on any atom is 0.240 e. The molecule has 0 saturated carbocycles. The second-order valence-electron chi connectivity index (χ2n) is 7.08. The molecule has 1 aromatic rings. The van der Waals surface area contributed by atoms with E-state index in [1.807, 2.05) is 0 Å². The van der Waals surface area contributed by atoms with Gasteiger partial charge < -0.3 is 5.32 Å². The first-order valence-corrected chi connectivity index (χ1v) is 8.55. The lowest BCUT2D eigenvalue weighted by atomic mass is 9.80. The van der Waals surface area contributed by atoms with Crippen LogP contribution < -0.4 is 10.0 Å². The van der Waals surface area contributed by atoms with Gasteiger partial charge in [0, 0.05) is 17.1 Å². The highest BCUT2D eigenvalue weighted by atomic mass is 32.2. The van der Waals surface area contributed by atoms with Crippen LogP contribution in [0.5, 0.6) is 0 Å². The summed E-state index contributed by atoms with van der Waals surface area (Å²) in [6, 6.07) is 4.91. The molecule has 0 aliphatic carbocycles. The van der Waals surface area contributed by atoms with Crippen molar-refractivity contribution in [1.29, 1.82) is 0 Å². The number of rotatable bonds is 3. The number of hydrogen-bond donors (Lipinski definition) is 2. The zero-order valence-electron chi connectivity index (χ0n) is 12.9. The lowest BCUT2D eigenvalue weighted by Gasteiger charge is -2.46. The molecule has 0 amide bonds. The first kappa shape index (κ1) is 16.4. The zero-order chi connectivity index (χ0) is 15.9. The highest BCUT2D eigenvalue weighted by Gasteiger charge is 2.39. The molecule has 4 nitrogen and oxygen atoms in total. The van der Waals surface area contributed by atoms with Crippen LogP contribution in [0.25, 0.3) is 0 Å². The Kier molecular flexibility index (Phi) is 4.17. The van der Waals surface area contributed by atoms with Gasteiger partial charge in [-0.25, -0.2) is 17.5 Å². The predicted molar refractivity (Wildman–Crippen MR) is 81.0 cm³/mol. The fourth-order valence-electron chi connectivity index (χ4n) is 3.33. The highest BCUT2D eigenvalue weighted by molar-refractivity contribution is 7.89. The van der Waals surface area contributed by atoms with Crippen LogP contribution in [0.15, 0.2) is 29.2 Å². The van der Waals surface area contributed by atoms with Crippen molar-refractivity contribution in [1.82, 2.24) is 10.0 Å². The van der Waals surface area contributed by atoms with Gasteiger partial charge in [-0.1, -0.05) is 6.07 Å². The molecule has 0 atom stereocenters. The first-order valence-electron chi connectivity index (χ1n) is 7.06. The molecule has 2 N–H and O–H groups in total. The monoisotopic (exact) mass is 314 g/mol. The minimum absolute atomic E-state index is 0.0309. The van der Waals surface area contributed by atoms with Crippen LogP contribution in [-0.4, -0.2) is 25.5 Å². The highest BCUT2D eigenvalue weighted by Crippen LogP contribution is 2.29. The van der Waals surface area contributed by atoms with Gasteiger partial charge in [-0.3, -0.25) is 0 Å². The third-order valence-corrected chi connectivity index (χ3v) is 5.14. The summed E-state index contributed by atoms with van der Waals surface area (Å²) in [6.07, 6.45) is 1.37. The van der Waals surface area contributed by atoms with Gasteiger partial charge in [0.2, 0.25) is 10.0 Å². The van der Waals surface area contributed by atoms with Gasteiger partial charge in [0.15, 0.2) is 0 Å². The topological polar surface area (TPSA) is 58.2 Å². The van der Waals surface area contributed by atoms with Gasteiger partial charge in [-0.05, 0) is 58.7 Å². The molecule has 118 valence electrons. The van der Waals surface area contributed by atoms with E-state index >= 15 is 0 Å². The summed E-state index contributed by atoms with van der Waals surface area (Å²) in [7, 11) is -3.70. The van der Waals surface area contributed by atoms with E-state index in [0.717, 1.165) is 6.07 Å². The van der Waals surface area contributed by atoms with Crippen molar-refractivity contribution in [3.05, 3.63) is 30.1 Å². The summed E-state index contributed by atoms with van der Waals surface area (Å²) >= 11 is 0. The fraction of sp³-hybridized carbons (Fsp3) is 0.600. The summed E-state index contributed by atoms with van der Waals surface area (Å²) in [5.41, 5.74) is -0.312. The van der Waals surface area contributed by atoms with Crippen molar-refractivity contribution in [2.24, 2.45) is 0 Å². The summed E-state index contributed by atoms with van der Waals surface area (Å²) in [4.78, 5) is -0.0309. The Hall–Kier alpha value is -0.980. The molecule has 1 aliphatic rings. The first-order chi connectivity index (χ1) is 9.49. The number of sulfonamides is 1. The molecular weight excluding hydrogens is 291 g/mol. The Balaban J connectivity index is 2.20. The van der Waals surface area contributed by atoms with Crippen molar-refractivity contribution in [3.63, 3.8) is 0 Å². The Morgan fingerprint density at radius 3 is 2.29 bits per heavy atom. The van der Waals surface area contributed by atoms with E-state index in [1.165, 1.54) is 18.2 Å². The Bertz CT molecular complexity index is 610. The molecule has 1 fully saturated rings. The summed E-state index contributed by atoms with van der Waals surface area (Å²) < 4.78 is 40.7. The van der Waals surface area contributed by atoms with Crippen molar-refractivity contribution >= 4 is 10.0 Å². The van der Waals surface area contributed by atoms with Crippen LogP contribution in [0.1, 0.15) is 40.5 Å². The van der Waals surface area contributed by atoms with Gasteiger partial charge in [0.1, 0.15) is 5.82 Å². The minimum atomic E-state index is -3.70. The smallest absolute Gasteiger partial charge is 0.240 e.